The van der Waals surface area contributed by atoms with Gasteiger partial charge in [0.25, 0.3) is 5.91 Å². The maximum Gasteiger partial charge on any atom is 0.252 e. The number of pyridine rings is 2. The zero-order valence-electron chi connectivity index (χ0n) is 14.4. The van der Waals surface area contributed by atoms with Gasteiger partial charge in [0.15, 0.2) is 0 Å². The van der Waals surface area contributed by atoms with E-state index >= 15 is 0 Å². The molecule has 0 aliphatic rings. The van der Waals surface area contributed by atoms with Crippen molar-refractivity contribution in [1.82, 2.24) is 15.3 Å². The predicted molar refractivity (Wildman–Crippen MR) is 97.4 cm³/mol. The number of hydrogen-bond acceptors (Lipinski definition) is 4. The largest absolute Gasteiger partial charge is 0.387 e. The number of rotatable bonds is 5. The van der Waals surface area contributed by atoms with E-state index in [2.05, 4.69) is 22.2 Å². The lowest BCUT2D eigenvalue weighted by molar-refractivity contribution is 0.0917. The number of carbonyl (C=O) groups is 1. The second kappa shape index (κ2) is 7.40. The normalized spacial score (nSPS) is 12.1. The molecule has 3 rings (SSSR count). The van der Waals surface area contributed by atoms with Gasteiger partial charge in [0.1, 0.15) is 0 Å². The molecule has 1 aromatic carbocycles. The highest BCUT2D eigenvalue weighted by atomic mass is 16.3. The van der Waals surface area contributed by atoms with Crippen LogP contribution in [0.1, 0.15) is 40.2 Å². The van der Waals surface area contributed by atoms with Gasteiger partial charge in [-0.25, -0.2) is 0 Å². The molecule has 0 saturated heterocycles. The summed E-state index contributed by atoms with van der Waals surface area (Å²) < 4.78 is 0. The molecule has 2 heterocycles. The molecule has 3 aromatic rings. The first-order valence-electron chi connectivity index (χ1n) is 8.35. The number of nitrogens with zero attached hydrogens (tertiary/aromatic N) is 2. The Bertz CT molecular complexity index is 894. The number of aromatic nitrogens is 2. The molecular weight excluding hydrogens is 314 g/mol. The smallest absolute Gasteiger partial charge is 0.252 e. The number of benzene rings is 1. The molecule has 5 heteroatoms. The number of amides is 1. The molecule has 128 valence electrons. The summed E-state index contributed by atoms with van der Waals surface area (Å²) in [6.45, 7) is 4.07. The van der Waals surface area contributed by atoms with Crippen LogP contribution in [0.4, 0.5) is 0 Å². The number of aliphatic hydroxyl groups excluding tert-OH is 1. The van der Waals surface area contributed by atoms with E-state index in [9.17, 15) is 9.90 Å². The van der Waals surface area contributed by atoms with Crippen LogP contribution in [0.2, 0.25) is 0 Å². The first-order valence-corrected chi connectivity index (χ1v) is 8.35. The summed E-state index contributed by atoms with van der Waals surface area (Å²) in [4.78, 5) is 21.2. The van der Waals surface area contributed by atoms with Crippen LogP contribution in [0.15, 0.2) is 48.8 Å². The predicted octanol–water partition coefficient (Wildman–Crippen LogP) is 2.96. The highest BCUT2D eigenvalue weighted by Gasteiger charge is 2.15. The van der Waals surface area contributed by atoms with Crippen LogP contribution in [-0.2, 0) is 6.42 Å². The van der Waals surface area contributed by atoms with E-state index in [4.69, 9.17) is 0 Å². The minimum Gasteiger partial charge on any atom is -0.387 e. The highest BCUT2D eigenvalue weighted by Crippen LogP contribution is 2.21. The molecule has 0 fully saturated rings. The van der Waals surface area contributed by atoms with Crippen molar-refractivity contribution in [3.63, 3.8) is 0 Å². The Balaban J connectivity index is 1.84. The van der Waals surface area contributed by atoms with Gasteiger partial charge in [-0.05, 0) is 43.2 Å². The summed E-state index contributed by atoms with van der Waals surface area (Å²) in [6, 6.07) is 11.3. The highest BCUT2D eigenvalue weighted by molar-refractivity contribution is 6.06. The first kappa shape index (κ1) is 17.0. The lowest BCUT2D eigenvalue weighted by atomic mass is 10.0. The maximum atomic E-state index is 12.7. The monoisotopic (exact) mass is 335 g/mol. The molecular formula is C20H21N3O2. The average Bonchev–Trinajstić information content (AvgIpc) is 2.65. The van der Waals surface area contributed by atoms with E-state index in [0.29, 0.717) is 11.1 Å². The molecule has 0 saturated carbocycles. The van der Waals surface area contributed by atoms with E-state index in [1.54, 1.807) is 30.6 Å². The molecule has 1 atom stereocenters. The molecule has 0 radical (unpaired) electrons. The van der Waals surface area contributed by atoms with Crippen molar-refractivity contribution in [2.45, 2.75) is 26.4 Å². The van der Waals surface area contributed by atoms with Crippen molar-refractivity contribution >= 4 is 16.8 Å². The van der Waals surface area contributed by atoms with Gasteiger partial charge < -0.3 is 10.4 Å². The van der Waals surface area contributed by atoms with Crippen LogP contribution in [0.5, 0.6) is 0 Å². The fraction of sp³-hybridized carbons (Fsp3) is 0.250. The Hall–Kier alpha value is -2.79. The van der Waals surface area contributed by atoms with Gasteiger partial charge in [0.05, 0.1) is 17.2 Å². The second-order valence-corrected chi connectivity index (χ2v) is 6.03. The zero-order chi connectivity index (χ0) is 17.8. The van der Waals surface area contributed by atoms with Gasteiger partial charge >= 0.3 is 0 Å². The van der Waals surface area contributed by atoms with Crippen LogP contribution in [-0.4, -0.2) is 27.5 Å². The van der Waals surface area contributed by atoms with Gasteiger partial charge in [0, 0.05) is 35.6 Å². The Morgan fingerprint density at radius 1 is 1.28 bits per heavy atom. The average molecular weight is 335 g/mol. The maximum absolute atomic E-state index is 12.7. The summed E-state index contributed by atoms with van der Waals surface area (Å²) in [5, 5.41) is 13.8. The third-order valence-corrected chi connectivity index (χ3v) is 4.18. The number of fused-ring (bicyclic) bond motifs is 1. The van der Waals surface area contributed by atoms with E-state index < -0.39 is 6.10 Å². The topological polar surface area (TPSA) is 75.1 Å². The molecule has 0 spiro atoms. The standard InChI is InChI=1S/C20H21N3O2/c1-3-14-6-7-18-16(10-14)17(9-13(2)23-18)20(25)22-12-19(24)15-5-4-8-21-11-15/h4-11,19,24H,3,12H2,1-2H3,(H,22,25)/t19-/m0/s1. The Kier molecular flexibility index (Phi) is 5.05. The van der Waals surface area contributed by atoms with Crippen LogP contribution in [0, 0.1) is 6.92 Å². The third-order valence-electron chi connectivity index (χ3n) is 4.18. The zero-order valence-corrected chi connectivity index (χ0v) is 14.4. The minimum atomic E-state index is -0.793. The number of aliphatic hydroxyl groups is 1. The van der Waals surface area contributed by atoms with E-state index in [-0.39, 0.29) is 12.5 Å². The lowest BCUT2D eigenvalue weighted by Gasteiger charge is -2.13. The van der Waals surface area contributed by atoms with Crippen molar-refractivity contribution in [3.8, 4) is 0 Å². The van der Waals surface area contributed by atoms with Crippen molar-refractivity contribution in [1.29, 1.82) is 0 Å². The van der Waals surface area contributed by atoms with Crippen molar-refractivity contribution in [2.75, 3.05) is 6.54 Å². The lowest BCUT2D eigenvalue weighted by Crippen LogP contribution is -2.28. The summed E-state index contributed by atoms with van der Waals surface area (Å²) in [5.74, 6) is -0.216. The second-order valence-electron chi connectivity index (χ2n) is 6.03. The van der Waals surface area contributed by atoms with Gasteiger partial charge in [-0.1, -0.05) is 19.1 Å². The van der Waals surface area contributed by atoms with Crippen LogP contribution in [0.3, 0.4) is 0 Å². The number of carbonyl (C=O) groups excluding carboxylic acids is 1. The Morgan fingerprint density at radius 2 is 2.12 bits per heavy atom. The van der Waals surface area contributed by atoms with Crippen molar-refractivity contribution in [3.05, 3.63) is 71.2 Å². The SMILES string of the molecule is CCc1ccc2nc(C)cc(C(=O)NC[C@H](O)c3cccnc3)c2c1. The van der Waals surface area contributed by atoms with Crippen LogP contribution < -0.4 is 5.32 Å². The fourth-order valence-electron chi connectivity index (χ4n) is 2.79. The number of nitrogens with one attached hydrogen (secondary N) is 1. The summed E-state index contributed by atoms with van der Waals surface area (Å²) in [7, 11) is 0. The Labute approximate surface area is 146 Å². The van der Waals surface area contributed by atoms with E-state index in [1.807, 2.05) is 25.1 Å². The molecule has 5 nitrogen and oxygen atoms in total. The summed E-state index contributed by atoms with van der Waals surface area (Å²) in [6.07, 6.45) is 3.34. The molecule has 2 N–H and O–H groups in total. The van der Waals surface area contributed by atoms with E-state index in [1.165, 1.54) is 0 Å². The first-order chi connectivity index (χ1) is 12.1. The van der Waals surface area contributed by atoms with E-state index in [0.717, 1.165) is 28.6 Å². The third kappa shape index (κ3) is 3.83. The minimum absolute atomic E-state index is 0.126. The van der Waals surface area contributed by atoms with Gasteiger partial charge in [-0.3, -0.25) is 14.8 Å². The van der Waals surface area contributed by atoms with Crippen LogP contribution in [0.25, 0.3) is 10.9 Å². The number of aryl methyl sites for hydroxylation is 2. The quantitative estimate of drug-likeness (QED) is 0.752. The summed E-state index contributed by atoms with van der Waals surface area (Å²) >= 11 is 0. The van der Waals surface area contributed by atoms with Gasteiger partial charge in [-0.15, -0.1) is 0 Å². The number of hydrogen-bond donors (Lipinski definition) is 2. The summed E-state index contributed by atoms with van der Waals surface area (Å²) in [5.41, 5.74) is 4.00. The van der Waals surface area contributed by atoms with Crippen molar-refractivity contribution < 1.29 is 9.90 Å². The molecule has 25 heavy (non-hydrogen) atoms. The molecule has 0 unspecified atom stereocenters. The Morgan fingerprint density at radius 3 is 2.84 bits per heavy atom. The molecule has 0 bridgehead atoms. The molecule has 0 aliphatic heterocycles. The van der Waals surface area contributed by atoms with Gasteiger partial charge in [-0.2, -0.15) is 0 Å². The van der Waals surface area contributed by atoms with Gasteiger partial charge in [0.2, 0.25) is 0 Å². The fourth-order valence-corrected chi connectivity index (χ4v) is 2.79. The molecule has 2 aromatic heterocycles. The van der Waals surface area contributed by atoms with Crippen molar-refractivity contribution in [2.24, 2.45) is 0 Å². The van der Waals surface area contributed by atoms with Crippen LogP contribution >= 0.6 is 0 Å². The molecule has 0 aliphatic carbocycles. The molecule has 1 amide bonds.